The summed E-state index contributed by atoms with van der Waals surface area (Å²) in [6, 6.07) is 7.84. The average Bonchev–Trinajstić information content (AvgIpc) is 3.35. The highest BCUT2D eigenvalue weighted by molar-refractivity contribution is 14.1. The van der Waals surface area contributed by atoms with Crippen LogP contribution in [-0.2, 0) is 19.1 Å². The third kappa shape index (κ3) is 2.94. The monoisotopic (exact) mass is 490 g/mol. The predicted molar refractivity (Wildman–Crippen MR) is 105 cm³/mol. The van der Waals surface area contributed by atoms with Gasteiger partial charge in [0.25, 0.3) is 0 Å². The van der Waals surface area contributed by atoms with Crippen molar-refractivity contribution in [3.63, 3.8) is 0 Å². The number of amides is 2. The fourth-order valence-corrected chi connectivity index (χ4v) is 5.99. The van der Waals surface area contributed by atoms with Gasteiger partial charge in [0.05, 0.1) is 23.7 Å². The van der Waals surface area contributed by atoms with Gasteiger partial charge in [-0.3, -0.25) is 14.5 Å². The molecular weight excluding hydrogens is 471 g/mol. The van der Waals surface area contributed by atoms with Gasteiger partial charge in [-0.25, -0.2) is 4.79 Å². The van der Waals surface area contributed by atoms with Crippen LogP contribution in [0.2, 0.25) is 0 Å². The molecule has 0 bridgehead atoms. The van der Waals surface area contributed by atoms with Crippen molar-refractivity contribution < 1.29 is 23.9 Å². The first kappa shape index (κ1) is 19.3. The van der Waals surface area contributed by atoms with E-state index in [1.165, 1.54) is 18.9 Å². The topological polar surface area (TPSA) is 88.2 Å². The SMILES string of the molecule is COC(=O)C1(NC(C)=O)N2C(=O)C[C@H]2SC1(C)CI.c1ccc2c(c1)O2. The number of nitrogens with zero attached hydrogens (tertiary/aromatic N) is 1. The number of β-lactam (4-membered cyclic amide) rings is 1. The molecular formula is C17H19IN2O5S. The Morgan fingerprint density at radius 1 is 1.42 bits per heavy atom. The van der Waals surface area contributed by atoms with Crippen molar-refractivity contribution in [3.05, 3.63) is 24.3 Å². The Labute approximate surface area is 169 Å². The predicted octanol–water partition coefficient (Wildman–Crippen LogP) is 2.28. The van der Waals surface area contributed by atoms with Gasteiger partial charge in [0, 0.05) is 11.4 Å². The summed E-state index contributed by atoms with van der Waals surface area (Å²) in [5, 5.41) is 2.60. The number of fused-ring (bicyclic) bond motifs is 2. The number of benzene rings is 1. The Morgan fingerprint density at radius 2 is 2.04 bits per heavy atom. The van der Waals surface area contributed by atoms with E-state index >= 15 is 0 Å². The minimum Gasteiger partial charge on any atom is -0.466 e. The Kier molecular flexibility index (Phi) is 5.13. The maximum absolute atomic E-state index is 12.3. The van der Waals surface area contributed by atoms with E-state index in [9.17, 15) is 14.4 Å². The van der Waals surface area contributed by atoms with Crippen LogP contribution in [0.1, 0.15) is 20.3 Å². The van der Waals surface area contributed by atoms with E-state index in [4.69, 9.17) is 9.47 Å². The zero-order chi connectivity index (χ0) is 19.1. The molecule has 3 atom stereocenters. The highest BCUT2D eigenvalue weighted by atomic mass is 127. The van der Waals surface area contributed by atoms with E-state index in [0.717, 1.165) is 11.5 Å². The molecule has 1 N–H and O–H groups in total. The molecule has 4 rings (SSSR count). The molecule has 2 saturated heterocycles. The number of hydrogen-bond donors (Lipinski definition) is 1. The van der Waals surface area contributed by atoms with Crippen molar-refractivity contribution in [1.82, 2.24) is 10.2 Å². The standard InChI is InChI=1S/C11H15IN2O4S.C6H4O/c1-6(15)13-11(9(17)18-3)10(2,5-12)19-8-4-7(16)14(8)11;1-2-4-6-5(3-1)7-6/h8H,4-5H2,1-3H3,(H,13,15);1-4H/t8-,10?,11?;/m1./s1. The molecule has 7 nitrogen and oxygen atoms in total. The largest absolute Gasteiger partial charge is 0.466 e. The summed E-state index contributed by atoms with van der Waals surface area (Å²) in [6.45, 7) is 3.21. The molecule has 1 aromatic carbocycles. The number of hydrogen-bond acceptors (Lipinski definition) is 6. The highest BCUT2D eigenvalue weighted by Gasteiger charge is 2.71. The first-order valence-electron chi connectivity index (χ1n) is 7.99. The number of rotatable bonds is 3. The summed E-state index contributed by atoms with van der Waals surface area (Å²) in [5.41, 5.74) is -1.40. The number of para-hydroxylation sites is 2. The summed E-state index contributed by atoms with van der Waals surface area (Å²) in [4.78, 5) is 37.2. The van der Waals surface area contributed by atoms with Gasteiger partial charge in [0.1, 0.15) is 0 Å². The molecule has 0 radical (unpaired) electrons. The molecule has 0 spiro atoms. The second-order valence-electron chi connectivity index (χ2n) is 6.34. The van der Waals surface area contributed by atoms with Crippen molar-refractivity contribution in [2.75, 3.05) is 11.5 Å². The fourth-order valence-electron chi connectivity index (χ4n) is 3.22. The van der Waals surface area contributed by atoms with Gasteiger partial charge < -0.3 is 14.8 Å². The fraction of sp³-hybridized carbons (Fsp3) is 0.471. The van der Waals surface area contributed by atoms with Gasteiger partial charge in [0.2, 0.25) is 17.5 Å². The average molecular weight is 490 g/mol. The van der Waals surface area contributed by atoms with Crippen molar-refractivity contribution in [1.29, 1.82) is 0 Å². The van der Waals surface area contributed by atoms with E-state index in [1.807, 2.05) is 31.2 Å². The maximum Gasteiger partial charge on any atom is 0.354 e. The van der Waals surface area contributed by atoms with Crippen LogP contribution in [0.25, 0.3) is 0 Å². The Hall–Kier alpha value is -1.49. The van der Waals surface area contributed by atoms with Crippen LogP contribution in [-0.4, -0.2) is 50.0 Å². The van der Waals surface area contributed by atoms with E-state index in [-0.39, 0.29) is 17.2 Å². The molecule has 0 saturated carbocycles. The molecule has 1 aromatic rings. The number of alkyl halides is 1. The van der Waals surface area contributed by atoms with Gasteiger partial charge in [-0.15, -0.1) is 11.8 Å². The number of nitrogens with one attached hydrogen (secondary N) is 1. The molecule has 0 aromatic heterocycles. The van der Waals surface area contributed by atoms with Crippen molar-refractivity contribution >= 4 is 52.1 Å². The summed E-state index contributed by atoms with van der Waals surface area (Å²) in [7, 11) is 1.27. The molecule has 140 valence electrons. The first-order chi connectivity index (χ1) is 12.3. The minimum absolute atomic E-state index is 0.0711. The second kappa shape index (κ2) is 6.91. The molecule has 2 unspecified atom stereocenters. The zero-order valence-electron chi connectivity index (χ0n) is 14.6. The van der Waals surface area contributed by atoms with Crippen LogP contribution in [0, 0.1) is 0 Å². The molecule has 2 amide bonds. The third-order valence-electron chi connectivity index (χ3n) is 4.55. The number of ether oxygens (including phenoxy) is 2. The smallest absolute Gasteiger partial charge is 0.354 e. The summed E-state index contributed by atoms with van der Waals surface area (Å²) < 4.78 is 9.80. The molecule has 2 fully saturated rings. The van der Waals surface area contributed by atoms with Crippen LogP contribution < -0.4 is 10.1 Å². The third-order valence-corrected chi connectivity index (χ3v) is 8.20. The summed E-state index contributed by atoms with van der Waals surface area (Å²) in [6.07, 6.45) is 0.398. The molecule has 3 heterocycles. The van der Waals surface area contributed by atoms with Gasteiger partial charge in [0.15, 0.2) is 11.5 Å². The highest BCUT2D eigenvalue weighted by Crippen LogP contribution is 2.56. The number of esters is 1. The number of carbonyl (C=O) groups excluding carboxylic acids is 3. The van der Waals surface area contributed by atoms with Crippen molar-refractivity contribution in [2.24, 2.45) is 0 Å². The van der Waals surface area contributed by atoms with Crippen molar-refractivity contribution in [3.8, 4) is 11.5 Å². The van der Waals surface area contributed by atoms with E-state index in [0.29, 0.717) is 10.8 Å². The normalized spacial score (nSPS) is 29.9. The Morgan fingerprint density at radius 3 is 2.46 bits per heavy atom. The zero-order valence-corrected chi connectivity index (χ0v) is 17.5. The lowest BCUT2D eigenvalue weighted by Crippen LogP contribution is -2.75. The lowest BCUT2D eigenvalue weighted by molar-refractivity contribution is -0.175. The number of halogens is 1. The lowest BCUT2D eigenvalue weighted by atomic mass is 9.89. The minimum atomic E-state index is -1.40. The van der Waals surface area contributed by atoms with Crippen LogP contribution in [0.15, 0.2) is 24.3 Å². The lowest BCUT2D eigenvalue weighted by Gasteiger charge is -2.47. The van der Waals surface area contributed by atoms with E-state index in [1.54, 1.807) is 11.8 Å². The van der Waals surface area contributed by atoms with E-state index < -0.39 is 16.4 Å². The van der Waals surface area contributed by atoms with Gasteiger partial charge >= 0.3 is 5.97 Å². The maximum atomic E-state index is 12.3. The quantitative estimate of drug-likeness (QED) is 0.234. The summed E-state index contributed by atoms with van der Waals surface area (Å²) >= 11 is 3.71. The molecule has 26 heavy (non-hydrogen) atoms. The van der Waals surface area contributed by atoms with Crippen LogP contribution in [0.4, 0.5) is 0 Å². The number of carbonyl (C=O) groups is 3. The molecule has 3 aliphatic rings. The Bertz CT molecular complexity index is 754. The first-order valence-corrected chi connectivity index (χ1v) is 10.4. The van der Waals surface area contributed by atoms with Crippen LogP contribution in [0.3, 0.4) is 0 Å². The van der Waals surface area contributed by atoms with E-state index in [2.05, 4.69) is 27.9 Å². The molecule has 0 aliphatic carbocycles. The van der Waals surface area contributed by atoms with Crippen molar-refractivity contribution in [2.45, 2.75) is 36.1 Å². The number of methoxy groups -OCH3 is 1. The molecule has 9 heteroatoms. The van der Waals surface area contributed by atoms with Crippen LogP contribution >= 0.6 is 34.4 Å². The van der Waals surface area contributed by atoms with Gasteiger partial charge in [-0.1, -0.05) is 34.7 Å². The summed E-state index contributed by atoms with van der Waals surface area (Å²) in [5.74, 6) is 0.975. The second-order valence-corrected chi connectivity index (χ2v) is 8.78. The number of thioether (sulfide) groups is 1. The van der Waals surface area contributed by atoms with Gasteiger partial charge in [-0.2, -0.15) is 0 Å². The van der Waals surface area contributed by atoms with Gasteiger partial charge in [-0.05, 0) is 19.1 Å². The van der Waals surface area contributed by atoms with Crippen LogP contribution in [0.5, 0.6) is 11.5 Å². The Balaban J connectivity index is 0.000000229. The molecule has 3 aliphatic heterocycles.